The molecule has 1 heterocycles. The van der Waals surface area contributed by atoms with Gasteiger partial charge in [0.1, 0.15) is 11.6 Å². The van der Waals surface area contributed by atoms with Gasteiger partial charge in [0, 0.05) is 31.7 Å². The zero-order valence-corrected chi connectivity index (χ0v) is 13.7. The van der Waals surface area contributed by atoms with Gasteiger partial charge in [0.05, 0.1) is 0 Å². The zero-order chi connectivity index (χ0) is 17.6. The van der Waals surface area contributed by atoms with Crippen molar-refractivity contribution in [3.63, 3.8) is 0 Å². The van der Waals surface area contributed by atoms with Gasteiger partial charge in [-0.25, -0.2) is 4.39 Å². The predicted octanol–water partition coefficient (Wildman–Crippen LogP) is 2.19. The van der Waals surface area contributed by atoms with Crippen molar-refractivity contribution in [2.45, 2.75) is 0 Å². The minimum Gasteiger partial charge on any atom is -0.484 e. The van der Waals surface area contributed by atoms with E-state index in [4.69, 9.17) is 4.74 Å². The van der Waals surface area contributed by atoms with Crippen LogP contribution in [0.25, 0.3) is 0 Å². The molecule has 3 rings (SSSR count). The van der Waals surface area contributed by atoms with E-state index in [1.807, 2.05) is 18.2 Å². The van der Waals surface area contributed by atoms with Crippen LogP contribution in [0.3, 0.4) is 0 Å². The molecule has 25 heavy (non-hydrogen) atoms. The van der Waals surface area contributed by atoms with Crippen molar-refractivity contribution in [2.24, 2.45) is 0 Å². The fraction of sp³-hybridized carbons (Fsp3) is 0.263. The summed E-state index contributed by atoms with van der Waals surface area (Å²) < 4.78 is 18.2. The number of piperazine rings is 1. The Morgan fingerprint density at radius 3 is 2.12 bits per heavy atom. The second-order valence-electron chi connectivity index (χ2n) is 5.78. The first-order valence-electron chi connectivity index (χ1n) is 8.14. The van der Waals surface area contributed by atoms with Gasteiger partial charge < -0.3 is 14.5 Å². The molecule has 1 aliphatic rings. The van der Waals surface area contributed by atoms with Crippen LogP contribution in [0.4, 0.5) is 4.39 Å². The van der Waals surface area contributed by atoms with Gasteiger partial charge in [0.25, 0.3) is 11.8 Å². The number of hydrogen-bond donors (Lipinski definition) is 0. The summed E-state index contributed by atoms with van der Waals surface area (Å²) in [5, 5.41) is 0. The lowest BCUT2D eigenvalue weighted by molar-refractivity contribution is -0.134. The van der Waals surface area contributed by atoms with Gasteiger partial charge in [-0.15, -0.1) is 0 Å². The Labute approximate surface area is 145 Å². The number of rotatable bonds is 4. The Kier molecular flexibility index (Phi) is 5.28. The highest BCUT2D eigenvalue weighted by atomic mass is 19.1. The molecule has 0 spiro atoms. The molecule has 130 valence electrons. The molecule has 0 aliphatic carbocycles. The first kappa shape index (κ1) is 17.0. The Morgan fingerprint density at radius 1 is 0.880 bits per heavy atom. The van der Waals surface area contributed by atoms with Crippen LogP contribution in [-0.2, 0) is 4.79 Å². The lowest BCUT2D eigenvalue weighted by Gasteiger charge is -2.34. The molecule has 5 nitrogen and oxygen atoms in total. The summed E-state index contributed by atoms with van der Waals surface area (Å²) in [6, 6.07) is 14.7. The van der Waals surface area contributed by atoms with Crippen LogP contribution in [0.15, 0.2) is 54.6 Å². The Hall–Kier alpha value is -2.89. The highest BCUT2D eigenvalue weighted by Crippen LogP contribution is 2.12. The van der Waals surface area contributed by atoms with Crippen molar-refractivity contribution in [1.29, 1.82) is 0 Å². The SMILES string of the molecule is O=C(COc1ccc(F)cc1)N1CCN(C(=O)c2ccccc2)CC1. The number of halogens is 1. The van der Waals surface area contributed by atoms with Gasteiger partial charge in [0.15, 0.2) is 6.61 Å². The van der Waals surface area contributed by atoms with E-state index in [0.717, 1.165) is 0 Å². The van der Waals surface area contributed by atoms with Crippen LogP contribution in [0.2, 0.25) is 0 Å². The van der Waals surface area contributed by atoms with Crippen molar-refractivity contribution in [2.75, 3.05) is 32.8 Å². The lowest BCUT2D eigenvalue weighted by atomic mass is 10.2. The van der Waals surface area contributed by atoms with Crippen LogP contribution in [0.1, 0.15) is 10.4 Å². The number of carbonyl (C=O) groups is 2. The average molecular weight is 342 g/mol. The van der Waals surface area contributed by atoms with Gasteiger partial charge >= 0.3 is 0 Å². The minimum atomic E-state index is -0.349. The second kappa shape index (κ2) is 7.79. The van der Waals surface area contributed by atoms with Crippen molar-refractivity contribution in [3.8, 4) is 5.75 Å². The zero-order valence-electron chi connectivity index (χ0n) is 13.7. The quantitative estimate of drug-likeness (QED) is 0.856. The molecule has 0 aromatic heterocycles. The van der Waals surface area contributed by atoms with Gasteiger partial charge in [-0.05, 0) is 36.4 Å². The molecule has 6 heteroatoms. The van der Waals surface area contributed by atoms with Gasteiger partial charge in [0.2, 0.25) is 0 Å². The highest BCUT2D eigenvalue weighted by molar-refractivity contribution is 5.94. The highest BCUT2D eigenvalue weighted by Gasteiger charge is 2.24. The third kappa shape index (κ3) is 4.35. The molecular weight excluding hydrogens is 323 g/mol. The number of benzene rings is 2. The number of ether oxygens (including phenoxy) is 1. The topological polar surface area (TPSA) is 49.9 Å². The van der Waals surface area contributed by atoms with Crippen molar-refractivity contribution < 1.29 is 18.7 Å². The molecule has 2 aromatic carbocycles. The third-order valence-electron chi connectivity index (χ3n) is 4.12. The van der Waals surface area contributed by atoms with Gasteiger partial charge in [-0.1, -0.05) is 18.2 Å². The van der Waals surface area contributed by atoms with Crippen LogP contribution in [-0.4, -0.2) is 54.4 Å². The van der Waals surface area contributed by atoms with E-state index in [2.05, 4.69) is 0 Å². The molecule has 1 saturated heterocycles. The summed E-state index contributed by atoms with van der Waals surface area (Å²) in [5.41, 5.74) is 0.655. The van der Waals surface area contributed by atoms with Gasteiger partial charge in [-0.2, -0.15) is 0 Å². The van der Waals surface area contributed by atoms with E-state index in [1.165, 1.54) is 24.3 Å². The number of carbonyl (C=O) groups excluding carboxylic acids is 2. The molecule has 0 N–H and O–H groups in total. The molecule has 1 aliphatic heterocycles. The molecule has 0 saturated carbocycles. The monoisotopic (exact) mass is 342 g/mol. The van der Waals surface area contributed by atoms with Crippen LogP contribution >= 0.6 is 0 Å². The summed E-state index contributed by atoms with van der Waals surface area (Å²) in [5.74, 6) is -0.0584. The first-order valence-corrected chi connectivity index (χ1v) is 8.14. The molecule has 0 radical (unpaired) electrons. The Balaban J connectivity index is 1.47. The van der Waals surface area contributed by atoms with Crippen LogP contribution < -0.4 is 4.74 Å². The largest absolute Gasteiger partial charge is 0.484 e. The Bertz CT molecular complexity index is 726. The van der Waals surface area contributed by atoms with E-state index < -0.39 is 0 Å². The molecule has 1 fully saturated rings. The van der Waals surface area contributed by atoms with E-state index in [1.54, 1.807) is 21.9 Å². The number of hydrogen-bond acceptors (Lipinski definition) is 3. The standard InChI is InChI=1S/C19H19FN2O3/c20-16-6-8-17(9-7-16)25-14-18(23)21-10-12-22(13-11-21)19(24)15-4-2-1-3-5-15/h1-9H,10-14H2. The second-order valence-corrected chi connectivity index (χ2v) is 5.78. The Morgan fingerprint density at radius 2 is 1.48 bits per heavy atom. The maximum atomic E-state index is 12.8. The molecule has 0 bridgehead atoms. The predicted molar refractivity (Wildman–Crippen MR) is 90.8 cm³/mol. The first-order chi connectivity index (χ1) is 12.1. The summed E-state index contributed by atoms with van der Waals surface area (Å²) in [4.78, 5) is 28.0. The number of nitrogens with zero attached hydrogens (tertiary/aromatic N) is 2. The van der Waals surface area contributed by atoms with E-state index >= 15 is 0 Å². The summed E-state index contributed by atoms with van der Waals surface area (Å²) in [7, 11) is 0. The lowest BCUT2D eigenvalue weighted by Crippen LogP contribution is -2.51. The minimum absolute atomic E-state index is 0.0183. The van der Waals surface area contributed by atoms with Crippen molar-refractivity contribution >= 4 is 11.8 Å². The molecule has 2 amide bonds. The molecular formula is C19H19FN2O3. The summed E-state index contributed by atoms with van der Waals surface area (Å²) in [6.07, 6.45) is 0. The van der Waals surface area contributed by atoms with Crippen LogP contribution in [0, 0.1) is 5.82 Å². The third-order valence-corrected chi connectivity index (χ3v) is 4.12. The van der Waals surface area contributed by atoms with Crippen molar-refractivity contribution in [1.82, 2.24) is 9.80 Å². The maximum Gasteiger partial charge on any atom is 0.260 e. The normalized spacial score (nSPS) is 14.3. The van der Waals surface area contributed by atoms with Gasteiger partial charge in [-0.3, -0.25) is 9.59 Å². The molecule has 2 aromatic rings. The smallest absolute Gasteiger partial charge is 0.260 e. The summed E-state index contributed by atoms with van der Waals surface area (Å²) in [6.45, 7) is 1.85. The fourth-order valence-electron chi connectivity index (χ4n) is 2.69. The van der Waals surface area contributed by atoms with E-state index in [-0.39, 0.29) is 24.2 Å². The average Bonchev–Trinajstić information content (AvgIpc) is 2.67. The molecule has 0 unspecified atom stereocenters. The number of amides is 2. The van der Waals surface area contributed by atoms with Crippen molar-refractivity contribution in [3.05, 3.63) is 66.0 Å². The fourth-order valence-corrected chi connectivity index (χ4v) is 2.69. The molecule has 0 atom stereocenters. The van der Waals surface area contributed by atoms with E-state index in [0.29, 0.717) is 37.5 Å². The van der Waals surface area contributed by atoms with Crippen LogP contribution in [0.5, 0.6) is 5.75 Å². The maximum absolute atomic E-state index is 12.8. The summed E-state index contributed by atoms with van der Waals surface area (Å²) >= 11 is 0. The van der Waals surface area contributed by atoms with E-state index in [9.17, 15) is 14.0 Å².